The zero-order valence-corrected chi connectivity index (χ0v) is 16.3. The van der Waals surface area contributed by atoms with Gasteiger partial charge in [0, 0.05) is 28.4 Å². The highest BCUT2D eigenvalue weighted by molar-refractivity contribution is 7.99. The van der Waals surface area contributed by atoms with Gasteiger partial charge in [-0.1, -0.05) is 25.1 Å². The molecule has 1 atom stereocenters. The van der Waals surface area contributed by atoms with Crippen molar-refractivity contribution in [3.05, 3.63) is 91.3 Å². The predicted octanol–water partition coefficient (Wildman–Crippen LogP) is 6.45. The van der Waals surface area contributed by atoms with Crippen molar-refractivity contribution in [2.24, 2.45) is 0 Å². The van der Waals surface area contributed by atoms with Gasteiger partial charge in [0.15, 0.2) is 0 Å². The number of hydrogen-bond donors (Lipinski definition) is 0. The number of pyridine rings is 1. The molecule has 0 aliphatic carbocycles. The number of imidazole rings is 1. The van der Waals surface area contributed by atoms with Gasteiger partial charge in [-0.2, -0.15) is 0 Å². The van der Waals surface area contributed by atoms with Crippen molar-refractivity contribution in [3.63, 3.8) is 0 Å². The molecule has 4 aromatic rings. The van der Waals surface area contributed by atoms with E-state index in [0.29, 0.717) is 0 Å². The van der Waals surface area contributed by atoms with Crippen LogP contribution in [0.4, 0.5) is 4.39 Å². The standard InChI is InChI=1S/C23H20FN3S/c1-2-21(28-20-6-4-3-5-7-20)27-16-26-22(17-12-14-25-15-13-17)23(27)18-8-10-19(24)11-9-18/h3-16,21H,2H2,1H3. The number of thioether (sulfide) groups is 1. The predicted molar refractivity (Wildman–Crippen MR) is 112 cm³/mol. The Morgan fingerprint density at radius 2 is 1.64 bits per heavy atom. The molecule has 2 heterocycles. The Hall–Kier alpha value is -2.92. The highest BCUT2D eigenvalue weighted by Crippen LogP contribution is 2.40. The van der Waals surface area contributed by atoms with Crippen LogP contribution in [0.5, 0.6) is 0 Å². The van der Waals surface area contributed by atoms with Crippen LogP contribution in [0, 0.1) is 5.82 Å². The first-order valence-electron chi connectivity index (χ1n) is 9.21. The Bertz CT molecular complexity index is 1030. The highest BCUT2D eigenvalue weighted by atomic mass is 32.2. The zero-order chi connectivity index (χ0) is 19.3. The fraction of sp³-hybridized carbons (Fsp3) is 0.130. The topological polar surface area (TPSA) is 30.7 Å². The van der Waals surface area contributed by atoms with E-state index in [2.05, 4.69) is 28.6 Å². The van der Waals surface area contributed by atoms with Crippen molar-refractivity contribution in [1.29, 1.82) is 0 Å². The molecule has 0 spiro atoms. The largest absolute Gasteiger partial charge is 0.317 e. The number of aromatic nitrogens is 3. The zero-order valence-electron chi connectivity index (χ0n) is 15.5. The normalized spacial score (nSPS) is 12.1. The molecule has 0 aliphatic heterocycles. The molecule has 0 saturated carbocycles. The van der Waals surface area contributed by atoms with E-state index in [-0.39, 0.29) is 11.2 Å². The molecule has 0 aliphatic rings. The molecule has 28 heavy (non-hydrogen) atoms. The lowest BCUT2D eigenvalue weighted by Gasteiger charge is -2.20. The van der Waals surface area contributed by atoms with Crippen molar-refractivity contribution >= 4 is 11.8 Å². The van der Waals surface area contributed by atoms with E-state index in [9.17, 15) is 4.39 Å². The summed E-state index contributed by atoms with van der Waals surface area (Å²) in [5.41, 5.74) is 3.80. The van der Waals surface area contributed by atoms with Crippen LogP contribution in [0.1, 0.15) is 18.7 Å². The summed E-state index contributed by atoms with van der Waals surface area (Å²) >= 11 is 1.80. The Labute approximate surface area is 168 Å². The van der Waals surface area contributed by atoms with Gasteiger partial charge in [0.05, 0.1) is 23.1 Å². The van der Waals surface area contributed by atoms with E-state index in [1.165, 1.54) is 17.0 Å². The van der Waals surface area contributed by atoms with Gasteiger partial charge in [-0.25, -0.2) is 9.37 Å². The van der Waals surface area contributed by atoms with Gasteiger partial charge in [-0.05, 0) is 55.0 Å². The fourth-order valence-corrected chi connectivity index (χ4v) is 4.26. The lowest BCUT2D eigenvalue weighted by molar-refractivity contribution is 0.627. The van der Waals surface area contributed by atoms with Gasteiger partial charge in [0.2, 0.25) is 0 Å². The summed E-state index contributed by atoms with van der Waals surface area (Å²) in [5, 5.41) is 0.172. The van der Waals surface area contributed by atoms with Crippen LogP contribution >= 0.6 is 11.8 Å². The molecule has 0 radical (unpaired) electrons. The van der Waals surface area contributed by atoms with Gasteiger partial charge in [0.25, 0.3) is 0 Å². The Kier molecular flexibility index (Phi) is 5.53. The Morgan fingerprint density at radius 1 is 0.929 bits per heavy atom. The number of halogens is 1. The van der Waals surface area contributed by atoms with Crippen molar-refractivity contribution in [1.82, 2.24) is 14.5 Å². The molecule has 1 unspecified atom stereocenters. The third kappa shape index (κ3) is 3.85. The number of benzene rings is 2. The van der Waals surface area contributed by atoms with Crippen molar-refractivity contribution < 1.29 is 4.39 Å². The highest BCUT2D eigenvalue weighted by Gasteiger charge is 2.20. The van der Waals surface area contributed by atoms with Crippen LogP contribution in [0.2, 0.25) is 0 Å². The summed E-state index contributed by atoms with van der Waals surface area (Å²) in [4.78, 5) is 10.0. The quantitative estimate of drug-likeness (QED) is 0.355. The monoisotopic (exact) mass is 389 g/mol. The SMILES string of the molecule is CCC(Sc1ccccc1)n1cnc(-c2ccncc2)c1-c1ccc(F)cc1. The summed E-state index contributed by atoms with van der Waals surface area (Å²) in [7, 11) is 0. The maximum absolute atomic E-state index is 13.5. The molecule has 0 bridgehead atoms. The molecule has 2 aromatic carbocycles. The number of hydrogen-bond acceptors (Lipinski definition) is 3. The maximum atomic E-state index is 13.5. The first-order chi connectivity index (χ1) is 13.8. The van der Waals surface area contributed by atoms with Gasteiger partial charge >= 0.3 is 0 Å². The minimum Gasteiger partial charge on any atom is -0.317 e. The molecular formula is C23H20FN3S. The molecular weight excluding hydrogens is 369 g/mol. The van der Waals surface area contributed by atoms with E-state index in [4.69, 9.17) is 4.98 Å². The van der Waals surface area contributed by atoms with E-state index >= 15 is 0 Å². The summed E-state index contributed by atoms with van der Waals surface area (Å²) < 4.78 is 15.7. The second-order valence-electron chi connectivity index (χ2n) is 6.39. The minimum absolute atomic E-state index is 0.172. The number of rotatable bonds is 6. The Balaban J connectivity index is 1.82. The van der Waals surface area contributed by atoms with E-state index in [1.54, 1.807) is 24.2 Å². The third-order valence-corrected chi connectivity index (χ3v) is 5.92. The van der Waals surface area contributed by atoms with Crippen molar-refractivity contribution in [3.8, 4) is 22.5 Å². The van der Waals surface area contributed by atoms with Crippen LogP contribution < -0.4 is 0 Å². The lowest BCUT2D eigenvalue weighted by Crippen LogP contribution is -2.05. The van der Waals surface area contributed by atoms with E-state index in [0.717, 1.165) is 28.9 Å². The summed E-state index contributed by atoms with van der Waals surface area (Å²) in [6.07, 6.45) is 6.34. The van der Waals surface area contributed by atoms with Crippen molar-refractivity contribution in [2.75, 3.05) is 0 Å². The van der Waals surface area contributed by atoms with Crippen LogP contribution in [0.25, 0.3) is 22.5 Å². The number of nitrogens with zero attached hydrogens (tertiary/aromatic N) is 3. The lowest BCUT2D eigenvalue weighted by atomic mass is 10.1. The van der Waals surface area contributed by atoms with Gasteiger partial charge in [-0.3, -0.25) is 4.98 Å². The molecule has 2 aromatic heterocycles. The first-order valence-corrected chi connectivity index (χ1v) is 10.1. The molecule has 0 amide bonds. The van der Waals surface area contributed by atoms with Gasteiger partial charge in [0.1, 0.15) is 5.82 Å². The van der Waals surface area contributed by atoms with Gasteiger partial charge < -0.3 is 4.57 Å². The molecule has 4 rings (SSSR count). The summed E-state index contributed by atoms with van der Waals surface area (Å²) in [6.45, 7) is 2.17. The average Bonchev–Trinajstić information content (AvgIpc) is 3.19. The first kappa shape index (κ1) is 18.4. The van der Waals surface area contributed by atoms with Crippen molar-refractivity contribution in [2.45, 2.75) is 23.6 Å². The molecule has 0 fully saturated rings. The smallest absolute Gasteiger partial charge is 0.123 e. The van der Waals surface area contributed by atoms with Crippen LogP contribution in [-0.2, 0) is 0 Å². The summed E-state index contributed by atoms with van der Waals surface area (Å²) in [5.74, 6) is -0.244. The molecule has 140 valence electrons. The molecule has 0 N–H and O–H groups in total. The molecule has 3 nitrogen and oxygen atoms in total. The Morgan fingerprint density at radius 3 is 2.32 bits per heavy atom. The van der Waals surface area contributed by atoms with Crippen LogP contribution in [0.3, 0.4) is 0 Å². The van der Waals surface area contributed by atoms with Crippen LogP contribution in [-0.4, -0.2) is 14.5 Å². The molecule has 5 heteroatoms. The van der Waals surface area contributed by atoms with E-state index in [1.807, 2.05) is 48.8 Å². The summed E-state index contributed by atoms with van der Waals surface area (Å²) in [6, 6.07) is 20.9. The van der Waals surface area contributed by atoms with Crippen LogP contribution in [0.15, 0.2) is 90.3 Å². The molecule has 0 saturated heterocycles. The maximum Gasteiger partial charge on any atom is 0.123 e. The third-order valence-electron chi connectivity index (χ3n) is 4.54. The minimum atomic E-state index is -0.244. The second-order valence-corrected chi connectivity index (χ2v) is 7.64. The van der Waals surface area contributed by atoms with E-state index < -0.39 is 0 Å². The second kappa shape index (κ2) is 8.40. The van der Waals surface area contributed by atoms with Gasteiger partial charge in [-0.15, -0.1) is 11.8 Å². The fourth-order valence-electron chi connectivity index (χ4n) is 3.19. The average molecular weight is 389 g/mol.